The first-order valence-electron chi connectivity index (χ1n) is 6.62. The van der Waals surface area contributed by atoms with E-state index in [9.17, 15) is 9.18 Å². The second-order valence-corrected chi connectivity index (χ2v) is 5.51. The van der Waals surface area contributed by atoms with Crippen LogP contribution in [0.5, 0.6) is 0 Å². The number of rotatable bonds is 4. The van der Waals surface area contributed by atoms with Crippen LogP contribution >= 0.6 is 15.9 Å². The maximum atomic E-state index is 13.3. The van der Waals surface area contributed by atoms with E-state index in [2.05, 4.69) is 26.6 Å². The van der Waals surface area contributed by atoms with E-state index in [0.29, 0.717) is 22.3 Å². The molecule has 3 nitrogen and oxygen atoms in total. The molecule has 0 aliphatic heterocycles. The Bertz CT molecular complexity index is 673. The smallest absolute Gasteiger partial charge is 0.257 e. The molecule has 0 atom stereocenters. The zero-order chi connectivity index (χ0) is 15.4. The van der Waals surface area contributed by atoms with Gasteiger partial charge in [-0.1, -0.05) is 6.07 Å². The minimum atomic E-state index is -0.399. The van der Waals surface area contributed by atoms with Crippen LogP contribution in [0.3, 0.4) is 0 Å². The van der Waals surface area contributed by atoms with Gasteiger partial charge in [0.15, 0.2) is 0 Å². The Kier molecular flexibility index (Phi) is 4.96. The SMILES string of the molecule is CCNc1cc(C)ccc1C(=O)Nc1cc(F)ccc1Br. The first-order chi connectivity index (χ1) is 10.0. The van der Waals surface area contributed by atoms with Crippen molar-refractivity contribution in [1.29, 1.82) is 0 Å². The van der Waals surface area contributed by atoms with Crippen molar-refractivity contribution in [2.75, 3.05) is 17.2 Å². The van der Waals surface area contributed by atoms with E-state index in [1.807, 2.05) is 26.0 Å². The molecule has 0 saturated carbocycles. The minimum Gasteiger partial charge on any atom is -0.385 e. The summed E-state index contributed by atoms with van der Waals surface area (Å²) in [5.74, 6) is -0.679. The molecular formula is C16H16BrFN2O. The van der Waals surface area contributed by atoms with Crippen molar-refractivity contribution in [3.05, 3.63) is 57.8 Å². The summed E-state index contributed by atoms with van der Waals surface area (Å²) in [5.41, 5.74) is 2.76. The van der Waals surface area contributed by atoms with Crippen LogP contribution in [0.1, 0.15) is 22.8 Å². The van der Waals surface area contributed by atoms with Crippen LogP contribution in [0.15, 0.2) is 40.9 Å². The van der Waals surface area contributed by atoms with Gasteiger partial charge in [0.05, 0.1) is 11.3 Å². The average molecular weight is 351 g/mol. The molecule has 21 heavy (non-hydrogen) atoms. The number of carbonyl (C=O) groups excluding carboxylic acids is 1. The fourth-order valence-corrected chi connectivity index (χ4v) is 2.32. The zero-order valence-electron chi connectivity index (χ0n) is 11.8. The normalized spacial score (nSPS) is 10.3. The highest BCUT2D eigenvalue weighted by Gasteiger charge is 2.13. The van der Waals surface area contributed by atoms with Gasteiger partial charge >= 0.3 is 0 Å². The number of carbonyl (C=O) groups is 1. The molecule has 0 unspecified atom stereocenters. The highest BCUT2D eigenvalue weighted by Crippen LogP contribution is 2.25. The standard InChI is InChI=1S/C16H16BrFN2O/c1-3-19-14-8-10(2)4-6-12(14)16(21)20-15-9-11(18)5-7-13(15)17/h4-9,19H,3H2,1-2H3,(H,20,21). The summed E-state index contributed by atoms with van der Waals surface area (Å²) in [6, 6.07) is 9.72. The molecule has 2 N–H and O–H groups in total. The predicted octanol–water partition coefficient (Wildman–Crippen LogP) is 4.58. The van der Waals surface area contributed by atoms with E-state index < -0.39 is 5.82 Å². The van der Waals surface area contributed by atoms with Gasteiger partial charge in [0.2, 0.25) is 0 Å². The van der Waals surface area contributed by atoms with Crippen LogP contribution < -0.4 is 10.6 Å². The Hall–Kier alpha value is -1.88. The second-order valence-electron chi connectivity index (χ2n) is 4.66. The average Bonchev–Trinajstić information content (AvgIpc) is 2.43. The maximum Gasteiger partial charge on any atom is 0.257 e. The quantitative estimate of drug-likeness (QED) is 0.847. The third-order valence-corrected chi connectivity index (χ3v) is 3.66. The molecule has 0 bridgehead atoms. The van der Waals surface area contributed by atoms with Gasteiger partial charge in [-0.05, 0) is 65.7 Å². The third-order valence-electron chi connectivity index (χ3n) is 2.96. The molecule has 0 aliphatic rings. The topological polar surface area (TPSA) is 41.1 Å². The van der Waals surface area contributed by atoms with Gasteiger partial charge in [-0.25, -0.2) is 4.39 Å². The number of aryl methyl sites for hydroxylation is 1. The van der Waals surface area contributed by atoms with Crippen molar-refractivity contribution in [2.45, 2.75) is 13.8 Å². The molecule has 0 aromatic heterocycles. The van der Waals surface area contributed by atoms with Crippen molar-refractivity contribution < 1.29 is 9.18 Å². The van der Waals surface area contributed by atoms with Crippen molar-refractivity contribution in [3.8, 4) is 0 Å². The van der Waals surface area contributed by atoms with Gasteiger partial charge in [0, 0.05) is 16.7 Å². The highest BCUT2D eigenvalue weighted by molar-refractivity contribution is 9.10. The first kappa shape index (κ1) is 15.5. The van der Waals surface area contributed by atoms with Crippen LogP contribution in [0.25, 0.3) is 0 Å². The summed E-state index contributed by atoms with van der Waals surface area (Å²) >= 11 is 3.30. The summed E-state index contributed by atoms with van der Waals surface area (Å²) in [7, 11) is 0. The Labute approximate surface area is 131 Å². The summed E-state index contributed by atoms with van der Waals surface area (Å²) in [4.78, 5) is 12.4. The van der Waals surface area contributed by atoms with Crippen molar-refractivity contribution >= 4 is 33.2 Å². The summed E-state index contributed by atoms with van der Waals surface area (Å²) in [6.45, 7) is 4.65. The number of hydrogen-bond donors (Lipinski definition) is 2. The minimum absolute atomic E-state index is 0.280. The van der Waals surface area contributed by atoms with Crippen molar-refractivity contribution in [2.24, 2.45) is 0 Å². The van der Waals surface area contributed by atoms with E-state index in [0.717, 1.165) is 11.3 Å². The Morgan fingerprint density at radius 3 is 2.67 bits per heavy atom. The molecule has 0 saturated heterocycles. The van der Waals surface area contributed by atoms with Crippen LogP contribution in [0, 0.1) is 12.7 Å². The lowest BCUT2D eigenvalue weighted by atomic mass is 10.1. The van der Waals surface area contributed by atoms with Crippen molar-refractivity contribution in [3.63, 3.8) is 0 Å². The number of anilines is 2. The zero-order valence-corrected chi connectivity index (χ0v) is 13.4. The van der Waals surface area contributed by atoms with E-state index in [4.69, 9.17) is 0 Å². The molecule has 2 aromatic carbocycles. The maximum absolute atomic E-state index is 13.3. The molecular weight excluding hydrogens is 335 g/mol. The molecule has 1 amide bonds. The van der Waals surface area contributed by atoms with Crippen LogP contribution in [-0.4, -0.2) is 12.5 Å². The van der Waals surface area contributed by atoms with E-state index >= 15 is 0 Å². The van der Waals surface area contributed by atoms with E-state index in [1.165, 1.54) is 12.1 Å². The van der Waals surface area contributed by atoms with E-state index in [1.54, 1.807) is 12.1 Å². The Balaban J connectivity index is 2.30. The largest absolute Gasteiger partial charge is 0.385 e. The fourth-order valence-electron chi connectivity index (χ4n) is 1.98. The number of amides is 1. The fraction of sp³-hybridized carbons (Fsp3) is 0.188. The molecule has 0 aliphatic carbocycles. The molecule has 0 fully saturated rings. The molecule has 5 heteroatoms. The lowest BCUT2D eigenvalue weighted by Gasteiger charge is -2.13. The number of nitrogens with one attached hydrogen (secondary N) is 2. The molecule has 110 valence electrons. The lowest BCUT2D eigenvalue weighted by molar-refractivity contribution is 0.102. The summed E-state index contributed by atoms with van der Waals surface area (Å²) < 4.78 is 13.9. The summed E-state index contributed by atoms with van der Waals surface area (Å²) in [6.07, 6.45) is 0. The van der Waals surface area contributed by atoms with Crippen LogP contribution in [-0.2, 0) is 0 Å². The highest BCUT2D eigenvalue weighted by atomic mass is 79.9. The third kappa shape index (κ3) is 3.82. The van der Waals surface area contributed by atoms with Gasteiger partial charge in [-0.2, -0.15) is 0 Å². The second kappa shape index (κ2) is 6.72. The van der Waals surface area contributed by atoms with Crippen LogP contribution in [0.4, 0.5) is 15.8 Å². The van der Waals surface area contributed by atoms with Gasteiger partial charge in [-0.3, -0.25) is 4.79 Å². The van der Waals surface area contributed by atoms with Crippen molar-refractivity contribution in [1.82, 2.24) is 0 Å². The first-order valence-corrected chi connectivity index (χ1v) is 7.41. The number of hydrogen-bond acceptors (Lipinski definition) is 2. The molecule has 0 heterocycles. The lowest BCUT2D eigenvalue weighted by Crippen LogP contribution is -2.15. The number of benzene rings is 2. The van der Waals surface area contributed by atoms with E-state index in [-0.39, 0.29) is 5.91 Å². The van der Waals surface area contributed by atoms with Gasteiger partial charge in [-0.15, -0.1) is 0 Å². The summed E-state index contributed by atoms with van der Waals surface area (Å²) in [5, 5.41) is 5.88. The monoisotopic (exact) mass is 350 g/mol. The van der Waals surface area contributed by atoms with Gasteiger partial charge < -0.3 is 10.6 Å². The Morgan fingerprint density at radius 1 is 1.19 bits per heavy atom. The van der Waals surface area contributed by atoms with Gasteiger partial charge in [0.1, 0.15) is 5.82 Å². The van der Waals surface area contributed by atoms with Crippen LogP contribution in [0.2, 0.25) is 0 Å². The van der Waals surface area contributed by atoms with Gasteiger partial charge in [0.25, 0.3) is 5.91 Å². The molecule has 0 radical (unpaired) electrons. The molecule has 0 spiro atoms. The Morgan fingerprint density at radius 2 is 1.95 bits per heavy atom. The number of halogens is 2. The predicted molar refractivity (Wildman–Crippen MR) is 87.4 cm³/mol. The molecule has 2 rings (SSSR count). The molecule has 2 aromatic rings.